The van der Waals surface area contributed by atoms with Gasteiger partial charge in [-0.25, -0.2) is 12.8 Å². The summed E-state index contributed by atoms with van der Waals surface area (Å²) >= 11 is 7.44. The molecule has 0 aliphatic carbocycles. The molecule has 1 N–H and O–H groups in total. The fourth-order valence-electron chi connectivity index (χ4n) is 3.30. The van der Waals surface area contributed by atoms with E-state index in [0.29, 0.717) is 33.6 Å². The van der Waals surface area contributed by atoms with E-state index in [1.165, 1.54) is 56.3 Å². The van der Waals surface area contributed by atoms with Crippen molar-refractivity contribution in [2.45, 2.75) is 10.6 Å². The minimum absolute atomic E-state index is 0.000622. The summed E-state index contributed by atoms with van der Waals surface area (Å²) in [6.07, 6.45) is 0. The number of ether oxygens (including phenoxy) is 2. The zero-order valence-electron chi connectivity index (χ0n) is 19.7. The predicted octanol–water partition coefficient (Wildman–Crippen LogP) is 4.74. The molecule has 0 spiro atoms. The first kappa shape index (κ1) is 27.6. The maximum Gasteiger partial charge on any atom is 0.264 e. The van der Waals surface area contributed by atoms with E-state index in [9.17, 15) is 17.6 Å². The van der Waals surface area contributed by atoms with Gasteiger partial charge in [-0.15, -0.1) is 0 Å². The van der Waals surface area contributed by atoms with Crippen LogP contribution in [0.1, 0.15) is 5.56 Å². The summed E-state index contributed by atoms with van der Waals surface area (Å²) in [5, 5.41) is 3.07. The number of nitrogens with one attached hydrogen (secondary N) is 1. The van der Waals surface area contributed by atoms with Gasteiger partial charge in [0, 0.05) is 28.6 Å². The molecule has 192 valence electrons. The fraction of sp³-hybridized carbons (Fsp3) is 0.240. The first-order chi connectivity index (χ1) is 17.3. The number of para-hydroxylation sites is 2. The Kier molecular flexibility index (Phi) is 9.86. The second-order valence-electron chi connectivity index (χ2n) is 7.46. The van der Waals surface area contributed by atoms with Gasteiger partial charge in [0.15, 0.2) is 0 Å². The lowest BCUT2D eigenvalue weighted by Gasteiger charge is -2.25. The molecule has 0 atom stereocenters. The molecule has 11 heteroatoms. The molecular formula is C25H26ClFN2O5S2. The smallest absolute Gasteiger partial charge is 0.264 e. The minimum Gasteiger partial charge on any atom is -0.497 e. The zero-order valence-corrected chi connectivity index (χ0v) is 22.1. The monoisotopic (exact) mass is 552 g/mol. The lowest BCUT2D eigenvalue weighted by Crippen LogP contribution is -2.41. The van der Waals surface area contributed by atoms with Crippen LogP contribution in [0.2, 0.25) is 5.02 Å². The maximum absolute atomic E-state index is 13.9. The molecule has 0 radical (unpaired) electrons. The molecule has 0 unspecified atom stereocenters. The van der Waals surface area contributed by atoms with Crippen LogP contribution in [0.25, 0.3) is 0 Å². The lowest BCUT2D eigenvalue weighted by atomic mass is 10.2. The third-order valence-electron chi connectivity index (χ3n) is 5.17. The van der Waals surface area contributed by atoms with Gasteiger partial charge in [0.2, 0.25) is 5.91 Å². The number of hydrogen-bond donors (Lipinski definition) is 1. The molecule has 0 aliphatic rings. The summed E-state index contributed by atoms with van der Waals surface area (Å²) in [5.41, 5.74) is 0.637. The van der Waals surface area contributed by atoms with Crippen LogP contribution in [-0.4, -0.2) is 47.4 Å². The molecule has 0 aliphatic heterocycles. The van der Waals surface area contributed by atoms with Crippen molar-refractivity contribution in [3.63, 3.8) is 0 Å². The third-order valence-corrected chi connectivity index (χ3v) is 8.28. The number of thioether (sulfide) groups is 1. The van der Waals surface area contributed by atoms with Gasteiger partial charge in [-0.1, -0.05) is 29.8 Å². The largest absolute Gasteiger partial charge is 0.497 e. The Morgan fingerprint density at radius 2 is 1.75 bits per heavy atom. The highest BCUT2D eigenvalue weighted by molar-refractivity contribution is 7.98. The highest BCUT2D eigenvalue weighted by Crippen LogP contribution is 2.32. The molecule has 3 aromatic carbocycles. The average Bonchev–Trinajstić information content (AvgIpc) is 2.88. The summed E-state index contributed by atoms with van der Waals surface area (Å²) in [7, 11) is -1.20. The van der Waals surface area contributed by atoms with E-state index in [2.05, 4.69) is 5.32 Å². The molecule has 3 aromatic rings. The van der Waals surface area contributed by atoms with Gasteiger partial charge in [-0.3, -0.25) is 9.10 Å². The number of methoxy groups -OCH3 is 2. The number of anilines is 1. The van der Waals surface area contributed by atoms with E-state index in [1.807, 2.05) is 0 Å². The Bertz CT molecular complexity index is 1270. The lowest BCUT2D eigenvalue weighted by molar-refractivity contribution is -0.119. The number of amides is 1. The van der Waals surface area contributed by atoms with E-state index >= 15 is 0 Å². The van der Waals surface area contributed by atoms with Gasteiger partial charge in [0.25, 0.3) is 10.0 Å². The highest BCUT2D eigenvalue weighted by Gasteiger charge is 2.29. The van der Waals surface area contributed by atoms with E-state index in [-0.39, 0.29) is 22.9 Å². The first-order valence-corrected chi connectivity index (χ1v) is 13.8. The number of sulfonamides is 1. The summed E-state index contributed by atoms with van der Waals surface area (Å²) < 4.78 is 52.4. The van der Waals surface area contributed by atoms with Crippen LogP contribution in [0.5, 0.6) is 11.5 Å². The van der Waals surface area contributed by atoms with Crippen LogP contribution < -0.4 is 19.1 Å². The standard InChI is InChI=1S/C25H26ClFN2O5S2/c1-33-18-10-12-19(13-11-18)36(31,32)29(23-8-3-4-9-24(23)34-2)16-25(30)28-14-15-35-17-20-21(26)6-5-7-22(20)27/h3-13H,14-17H2,1-2H3,(H,28,30). The maximum atomic E-state index is 13.9. The fourth-order valence-corrected chi connectivity index (χ4v) is 5.93. The second kappa shape index (κ2) is 12.8. The summed E-state index contributed by atoms with van der Waals surface area (Å²) in [4.78, 5) is 12.8. The molecule has 0 saturated heterocycles. The average molecular weight is 553 g/mol. The number of rotatable bonds is 12. The first-order valence-electron chi connectivity index (χ1n) is 10.8. The highest BCUT2D eigenvalue weighted by atomic mass is 35.5. The van der Waals surface area contributed by atoms with Crippen LogP contribution in [0.3, 0.4) is 0 Å². The Hall–Kier alpha value is -2.95. The Morgan fingerprint density at radius 3 is 2.42 bits per heavy atom. The van der Waals surface area contributed by atoms with E-state index in [1.54, 1.807) is 36.4 Å². The van der Waals surface area contributed by atoms with Crippen LogP contribution in [0, 0.1) is 5.82 Å². The molecule has 36 heavy (non-hydrogen) atoms. The van der Waals surface area contributed by atoms with E-state index in [4.69, 9.17) is 21.1 Å². The van der Waals surface area contributed by atoms with Crippen molar-refractivity contribution in [3.8, 4) is 11.5 Å². The minimum atomic E-state index is -4.11. The number of carbonyl (C=O) groups excluding carboxylic acids is 1. The van der Waals surface area contributed by atoms with Crippen molar-refractivity contribution in [3.05, 3.63) is 83.1 Å². The number of hydrogen-bond acceptors (Lipinski definition) is 6. The van der Waals surface area contributed by atoms with Gasteiger partial charge in [-0.05, 0) is 48.5 Å². The van der Waals surface area contributed by atoms with Crippen LogP contribution >= 0.6 is 23.4 Å². The van der Waals surface area contributed by atoms with Gasteiger partial charge in [0.05, 0.1) is 24.8 Å². The number of benzene rings is 3. The van der Waals surface area contributed by atoms with Gasteiger partial charge < -0.3 is 14.8 Å². The topological polar surface area (TPSA) is 84.9 Å². The molecule has 3 rings (SSSR count). The predicted molar refractivity (Wildman–Crippen MR) is 141 cm³/mol. The number of carbonyl (C=O) groups is 1. The van der Waals surface area contributed by atoms with Crippen molar-refractivity contribution in [2.75, 3.05) is 37.4 Å². The Morgan fingerprint density at radius 1 is 1.03 bits per heavy atom. The Labute approximate surface area is 219 Å². The normalized spacial score (nSPS) is 11.1. The molecule has 0 heterocycles. The van der Waals surface area contributed by atoms with Crippen molar-refractivity contribution in [2.24, 2.45) is 0 Å². The summed E-state index contributed by atoms with van der Waals surface area (Å²) in [5.74, 6) is 0.763. The zero-order chi connectivity index (χ0) is 26.1. The van der Waals surface area contributed by atoms with Crippen LogP contribution in [0.15, 0.2) is 71.6 Å². The third kappa shape index (κ3) is 6.83. The van der Waals surface area contributed by atoms with Gasteiger partial charge in [0.1, 0.15) is 23.9 Å². The summed E-state index contributed by atoms with van der Waals surface area (Å²) in [6, 6.07) is 17.0. The van der Waals surface area contributed by atoms with Gasteiger partial charge in [-0.2, -0.15) is 11.8 Å². The molecule has 0 saturated carbocycles. The molecule has 7 nitrogen and oxygen atoms in total. The van der Waals surface area contributed by atoms with Crippen LogP contribution in [-0.2, 0) is 20.6 Å². The van der Waals surface area contributed by atoms with E-state index in [0.717, 1.165) is 4.31 Å². The SMILES string of the molecule is COc1ccc(S(=O)(=O)N(CC(=O)NCCSCc2c(F)cccc2Cl)c2ccccc2OC)cc1. The van der Waals surface area contributed by atoms with Crippen molar-refractivity contribution >= 4 is 45.0 Å². The molecule has 0 bridgehead atoms. The quantitative estimate of drug-likeness (QED) is 0.327. The Balaban J connectivity index is 1.70. The van der Waals surface area contributed by atoms with Crippen LogP contribution in [0.4, 0.5) is 10.1 Å². The number of nitrogens with zero attached hydrogens (tertiary/aromatic N) is 1. The van der Waals surface area contributed by atoms with Crippen molar-refractivity contribution < 1.29 is 27.1 Å². The van der Waals surface area contributed by atoms with Gasteiger partial charge >= 0.3 is 0 Å². The van der Waals surface area contributed by atoms with Crippen molar-refractivity contribution in [1.29, 1.82) is 0 Å². The van der Waals surface area contributed by atoms with E-state index < -0.39 is 22.5 Å². The summed E-state index contributed by atoms with van der Waals surface area (Å²) in [6.45, 7) is -0.198. The number of halogens is 2. The molecular weight excluding hydrogens is 527 g/mol. The molecule has 1 amide bonds. The molecule has 0 fully saturated rings. The van der Waals surface area contributed by atoms with Crippen molar-refractivity contribution in [1.82, 2.24) is 5.32 Å². The second-order valence-corrected chi connectivity index (χ2v) is 10.8. The molecule has 0 aromatic heterocycles.